The van der Waals surface area contributed by atoms with Crippen molar-refractivity contribution in [1.82, 2.24) is 0 Å². The van der Waals surface area contributed by atoms with Crippen LogP contribution in [0.2, 0.25) is 0 Å². The van der Waals surface area contributed by atoms with Crippen LogP contribution in [-0.2, 0) is 9.59 Å². The van der Waals surface area contributed by atoms with Crippen molar-refractivity contribution >= 4 is 17.6 Å². The van der Waals surface area contributed by atoms with Crippen molar-refractivity contribution in [2.45, 2.75) is 44.9 Å². The van der Waals surface area contributed by atoms with Gasteiger partial charge in [-0.05, 0) is 43.5 Å². The maximum Gasteiger partial charge on any atom is 0.303 e. The quantitative estimate of drug-likeness (QED) is 0.757. The fourth-order valence-electron chi connectivity index (χ4n) is 2.66. The number of hydrogen-bond donors (Lipinski definition) is 2. The third kappa shape index (κ3) is 5.39. The van der Waals surface area contributed by atoms with E-state index in [1.807, 2.05) is 12.1 Å². The molecular formula is C17H23NO4. The number of aliphatic carboxylic acids is 1. The summed E-state index contributed by atoms with van der Waals surface area (Å²) in [5.41, 5.74) is 0.772. The molecule has 1 aromatic carbocycles. The summed E-state index contributed by atoms with van der Waals surface area (Å²) < 4.78 is 5.46. The van der Waals surface area contributed by atoms with Crippen molar-refractivity contribution in [1.29, 1.82) is 0 Å². The van der Waals surface area contributed by atoms with Crippen molar-refractivity contribution in [2.75, 3.05) is 11.9 Å². The second-order valence-corrected chi connectivity index (χ2v) is 5.69. The molecule has 1 aliphatic carbocycles. The van der Waals surface area contributed by atoms with Gasteiger partial charge in [0.15, 0.2) is 0 Å². The molecule has 0 atom stereocenters. The molecule has 1 aromatic rings. The van der Waals surface area contributed by atoms with Gasteiger partial charge < -0.3 is 15.2 Å². The van der Waals surface area contributed by atoms with Crippen LogP contribution in [-0.4, -0.2) is 23.6 Å². The average molecular weight is 305 g/mol. The molecule has 0 unspecified atom stereocenters. The summed E-state index contributed by atoms with van der Waals surface area (Å²) in [6.07, 6.45) is 6.07. The van der Waals surface area contributed by atoms with E-state index in [0.29, 0.717) is 18.8 Å². The number of amides is 1. The highest BCUT2D eigenvalue weighted by molar-refractivity contribution is 5.92. The lowest BCUT2D eigenvalue weighted by Crippen LogP contribution is -2.24. The summed E-state index contributed by atoms with van der Waals surface area (Å²) in [5, 5.41) is 11.5. The Morgan fingerprint density at radius 2 is 1.82 bits per heavy atom. The summed E-state index contributed by atoms with van der Waals surface area (Å²) >= 11 is 0. The molecule has 1 amide bonds. The Hall–Kier alpha value is -2.04. The smallest absolute Gasteiger partial charge is 0.303 e. The lowest BCUT2D eigenvalue weighted by atomic mass is 9.88. The Kier molecular flexibility index (Phi) is 6.25. The summed E-state index contributed by atoms with van der Waals surface area (Å²) in [6.45, 7) is 0.375. The Morgan fingerprint density at radius 1 is 1.14 bits per heavy atom. The van der Waals surface area contributed by atoms with Gasteiger partial charge in [0, 0.05) is 18.0 Å². The molecule has 120 valence electrons. The molecule has 0 saturated heterocycles. The van der Waals surface area contributed by atoms with E-state index in [1.165, 1.54) is 6.42 Å². The van der Waals surface area contributed by atoms with Crippen LogP contribution in [0.15, 0.2) is 24.3 Å². The van der Waals surface area contributed by atoms with Gasteiger partial charge in [-0.2, -0.15) is 0 Å². The van der Waals surface area contributed by atoms with Gasteiger partial charge in [0.05, 0.1) is 6.61 Å². The summed E-state index contributed by atoms with van der Waals surface area (Å²) in [5.74, 6) is 0.112. The molecule has 0 spiro atoms. The van der Waals surface area contributed by atoms with Crippen LogP contribution < -0.4 is 10.1 Å². The number of anilines is 1. The minimum Gasteiger partial charge on any atom is -0.494 e. The van der Waals surface area contributed by atoms with E-state index < -0.39 is 5.97 Å². The zero-order valence-corrected chi connectivity index (χ0v) is 12.7. The van der Waals surface area contributed by atoms with Crippen molar-refractivity contribution in [3.05, 3.63) is 24.3 Å². The monoisotopic (exact) mass is 305 g/mol. The third-order valence-corrected chi connectivity index (χ3v) is 3.90. The largest absolute Gasteiger partial charge is 0.494 e. The van der Waals surface area contributed by atoms with Gasteiger partial charge in [0.1, 0.15) is 5.75 Å². The highest BCUT2D eigenvalue weighted by Crippen LogP contribution is 2.25. The second-order valence-electron chi connectivity index (χ2n) is 5.69. The lowest BCUT2D eigenvalue weighted by Gasteiger charge is -2.20. The van der Waals surface area contributed by atoms with E-state index in [4.69, 9.17) is 9.84 Å². The molecule has 0 bridgehead atoms. The van der Waals surface area contributed by atoms with Gasteiger partial charge in [0.25, 0.3) is 0 Å². The number of carbonyl (C=O) groups is 2. The molecule has 0 heterocycles. The SMILES string of the molecule is O=C(O)CCCOc1ccc(NC(=O)C2CCCCC2)cc1. The zero-order chi connectivity index (χ0) is 15.8. The first-order valence-electron chi connectivity index (χ1n) is 7.90. The van der Waals surface area contributed by atoms with Gasteiger partial charge in [-0.1, -0.05) is 19.3 Å². The normalized spacial score (nSPS) is 15.3. The minimum absolute atomic E-state index is 0.106. The lowest BCUT2D eigenvalue weighted by molar-refractivity contribution is -0.137. The van der Waals surface area contributed by atoms with Crippen LogP contribution >= 0.6 is 0 Å². The molecule has 0 aromatic heterocycles. The number of nitrogens with one attached hydrogen (secondary N) is 1. The van der Waals surface area contributed by atoms with Crippen LogP contribution in [0.5, 0.6) is 5.75 Å². The molecule has 5 heteroatoms. The average Bonchev–Trinajstić information content (AvgIpc) is 2.54. The fraction of sp³-hybridized carbons (Fsp3) is 0.529. The van der Waals surface area contributed by atoms with Crippen molar-refractivity contribution in [2.24, 2.45) is 5.92 Å². The summed E-state index contributed by atoms with van der Waals surface area (Å²) in [7, 11) is 0. The first-order chi connectivity index (χ1) is 10.6. The fourth-order valence-corrected chi connectivity index (χ4v) is 2.66. The van der Waals surface area contributed by atoms with Crippen LogP contribution in [0.1, 0.15) is 44.9 Å². The predicted octanol–water partition coefficient (Wildman–Crippen LogP) is 3.45. The number of rotatable bonds is 7. The molecule has 2 rings (SSSR count). The maximum atomic E-state index is 12.1. The molecule has 1 saturated carbocycles. The van der Waals surface area contributed by atoms with E-state index in [9.17, 15) is 9.59 Å². The van der Waals surface area contributed by atoms with Crippen molar-refractivity contribution in [3.63, 3.8) is 0 Å². The predicted molar refractivity (Wildman–Crippen MR) is 84.0 cm³/mol. The molecule has 1 aliphatic rings. The van der Waals surface area contributed by atoms with Gasteiger partial charge >= 0.3 is 5.97 Å². The van der Waals surface area contributed by atoms with Gasteiger partial charge in [-0.25, -0.2) is 0 Å². The minimum atomic E-state index is -0.815. The Bertz CT molecular complexity index is 492. The summed E-state index contributed by atoms with van der Waals surface area (Å²) in [4.78, 5) is 22.5. The summed E-state index contributed by atoms with van der Waals surface area (Å²) in [6, 6.07) is 7.20. The van der Waals surface area contributed by atoms with E-state index in [-0.39, 0.29) is 18.2 Å². The van der Waals surface area contributed by atoms with Crippen LogP contribution in [0.3, 0.4) is 0 Å². The number of carboxylic acid groups (broad SMARTS) is 1. The Morgan fingerprint density at radius 3 is 2.45 bits per heavy atom. The van der Waals surface area contributed by atoms with Gasteiger partial charge in [-0.3, -0.25) is 9.59 Å². The maximum absolute atomic E-state index is 12.1. The standard InChI is InChI=1S/C17H23NO4/c19-16(20)7-4-12-22-15-10-8-14(9-11-15)18-17(21)13-5-2-1-3-6-13/h8-11,13H,1-7,12H2,(H,18,21)(H,19,20). The molecule has 1 fully saturated rings. The molecular weight excluding hydrogens is 282 g/mol. The van der Waals surface area contributed by atoms with Gasteiger partial charge in [-0.15, -0.1) is 0 Å². The number of carbonyl (C=O) groups excluding carboxylic acids is 1. The molecule has 0 radical (unpaired) electrons. The second kappa shape index (κ2) is 8.41. The molecule has 22 heavy (non-hydrogen) atoms. The Labute approximate surface area is 130 Å². The first kappa shape index (κ1) is 16.3. The van der Waals surface area contributed by atoms with E-state index in [1.54, 1.807) is 12.1 Å². The van der Waals surface area contributed by atoms with E-state index >= 15 is 0 Å². The topological polar surface area (TPSA) is 75.6 Å². The highest BCUT2D eigenvalue weighted by Gasteiger charge is 2.20. The van der Waals surface area contributed by atoms with Crippen molar-refractivity contribution < 1.29 is 19.4 Å². The molecule has 2 N–H and O–H groups in total. The van der Waals surface area contributed by atoms with Crippen LogP contribution in [0, 0.1) is 5.92 Å². The zero-order valence-electron chi connectivity index (χ0n) is 12.7. The number of carboxylic acids is 1. The van der Waals surface area contributed by atoms with Crippen LogP contribution in [0.4, 0.5) is 5.69 Å². The molecule has 5 nitrogen and oxygen atoms in total. The number of ether oxygens (including phenoxy) is 1. The third-order valence-electron chi connectivity index (χ3n) is 3.90. The van der Waals surface area contributed by atoms with E-state index in [2.05, 4.69) is 5.32 Å². The first-order valence-corrected chi connectivity index (χ1v) is 7.90. The Balaban J connectivity index is 1.76. The number of benzene rings is 1. The highest BCUT2D eigenvalue weighted by atomic mass is 16.5. The van der Waals surface area contributed by atoms with Gasteiger partial charge in [0.2, 0.25) is 5.91 Å². The van der Waals surface area contributed by atoms with E-state index in [0.717, 1.165) is 31.4 Å². The molecule has 0 aliphatic heterocycles. The van der Waals surface area contributed by atoms with Crippen LogP contribution in [0.25, 0.3) is 0 Å². The number of hydrogen-bond acceptors (Lipinski definition) is 3. The van der Waals surface area contributed by atoms with Crippen molar-refractivity contribution in [3.8, 4) is 5.75 Å².